The second kappa shape index (κ2) is 5.77. The molecule has 1 aliphatic heterocycles. The Balaban J connectivity index is 1.79. The molecule has 0 spiro atoms. The van der Waals surface area contributed by atoms with Crippen LogP contribution in [-0.2, 0) is 6.18 Å². The van der Waals surface area contributed by atoms with E-state index in [1.807, 2.05) is 12.1 Å². The summed E-state index contributed by atoms with van der Waals surface area (Å²) in [6.07, 6.45) is -2.20. The zero-order chi connectivity index (χ0) is 17.8. The van der Waals surface area contributed by atoms with E-state index in [9.17, 15) is 18.3 Å². The highest BCUT2D eigenvalue weighted by atomic mass is 19.4. The number of nitrogens with zero attached hydrogens (tertiary/aromatic N) is 1. The summed E-state index contributed by atoms with van der Waals surface area (Å²) in [7, 11) is 2.08. The number of likely N-dealkylation sites (tertiary alicyclic amines) is 1. The number of aromatic hydroxyl groups is 1. The minimum absolute atomic E-state index is 0.0747. The van der Waals surface area contributed by atoms with Crippen molar-refractivity contribution in [2.75, 3.05) is 13.6 Å². The van der Waals surface area contributed by atoms with E-state index in [1.54, 1.807) is 18.2 Å². The molecule has 2 aliphatic rings. The molecule has 0 bridgehead atoms. The summed E-state index contributed by atoms with van der Waals surface area (Å²) in [5.41, 5.74) is 2.54. The lowest BCUT2D eigenvalue weighted by Gasteiger charge is -2.37. The number of fused-ring (bicyclic) bond motifs is 3. The first-order chi connectivity index (χ1) is 11.9. The van der Waals surface area contributed by atoms with E-state index in [2.05, 4.69) is 11.9 Å². The van der Waals surface area contributed by atoms with Crippen LogP contribution in [0.5, 0.6) is 5.75 Å². The van der Waals surface area contributed by atoms with Gasteiger partial charge in [0.05, 0.1) is 5.56 Å². The molecule has 1 saturated heterocycles. The summed E-state index contributed by atoms with van der Waals surface area (Å²) < 4.78 is 38.6. The first-order valence-corrected chi connectivity index (χ1v) is 8.56. The number of rotatable bonds is 1. The first kappa shape index (κ1) is 16.5. The SMILES string of the molecule is CN1CCCC2C(c3ccc(C(F)(F)F)cc3)c3ccc(O)cc3C21. The molecule has 25 heavy (non-hydrogen) atoms. The Morgan fingerprint density at radius 2 is 1.76 bits per heavy atom. The van der Waals surface area contributed by atoms with Crippen LogP contribution in [0.3, 0.4) is 0 Å². The van der Waals surface area contributed by atoms with Gasteiger partial charge in [0.1, 0.15) is 5.75 Å². The van der Waals surface area contributed by atoms with Gasteiger partial charge in [-0.25, -0.2) is 0 Å². The zero-order valence-corrected chi connectivity index (χ0v) is 13.9. The van der Waals surface area contributed by atoms with Crippen molar-refractivity contribution in [2.45, 2.75) is 31.0 Å². The zero-order valence-electron chi connectivity index (χ0n) is 13.9. The van der Waals surface area contributed by atoms with Crippen molar-refractivity contribution in [1.82, 2.24) is 4.90 Å². The summed E-state index contributed by atoms with van der Waals surface area (Å²) in [5.74, 6) is 0.641. The van der Waals surface area contributed by atoms with Crippen LogP contribution in [0.4, 0.5) is 13.2 Å². The third kappa shape index (κ3) is 2.71. The summed E-state index contributed by atoms with van der Waals surface area (Å²) in [4.78, 5) is 2.30. The van der Waals surface area contributed by atoms with Crippen LogP contribution in [0, 0.1) is 5.92 Å². The molecule has 0 amide bonds. The molecule has 1 fully saturated rings. The van der Waals surface area contributed by atoms with E-state index in [4.69, 9.17) is 0 Å². The van der Waals surface area contributed by atoms with Crippen molar-refractivity contribution >= 4 is 0 Å². The molecule has 0 saturated carbocycles. The second-order valence-electron chi connectivity index (χ2n) is 7.14. The quantitative estimate of drug-likeness (QED) is 0.790. The highest BCUT2D eigenvalue weighted by Crippen LogP contribution is 2.55. The van der Waals surface area contributed by atoms with Gasteiger partial charge in [0.25, 0.3) is 0 Å². The fraction of sp³-hybridized carbons (Fsp3) is 0.400. The average Bonchev–Trinajstić information content (AvgIpc) is 2.89. The Morgan fingerprint density at radius 3 is 2.44 bits per heavy atom. The van der Waals surface area contributed by atoms with E-state index < -0.39 is 11.7 Å². The van der Waals surface area contributed by atoms with Gasteiger partial charge in [-0.3, -0.25) is 4.90 Å². The molecule has 2 aromatic carbocycles. The van der Waals surface area contributed by atoms with Crippen LogP contribution >= 0.6 is 0 Å². The number of alkyl halides is 3. The maximum absolute atomic E-state index is 12.9. The second-order valence-corrected chi connectivity index (χ2v) is 7.14. The van der Waals surface area contributed by atoms with Crippen LogP contribution in [0.15, 0.2) is 42.5 Å². The molecule has 3 unspecified atom stereocenters. The number of phenolic OH excluding ortho intramolecular Hbond substituents is 1. The topological polar surface area (TPSA) is 23.5 Å². The molecular weight excluding hydrogens is 327 g/mol. The molecule has 3 atom stereocenters. The number of halogens is 3. The molecule has 2 nitrogen and oxygen atoms in total. The normalized spacial score (nSPS) is 26.3. The Bertz CT molecular complexity index is 785. The number of hydrogen-bond donors (Lipinski definition) is 1. The van der Waals surface area contributed by atoms with E-state index in [0.29, 0.717) is 5.92 Å². The molecule has 1 N–H and O–H groups in total. The third-order valence-electron chi connectivity index (χ3n) is 5.68. The number of phenols is 1. The average molecular weight is 347 g/mol. The highest BCUT2D eigenvalue weighted by Gasteiger charge is 2.45. The molecule has 1 aliphatic carbocycles. The van der Waals surface area contributed by atoms with E-state index in [1.165, 1.54) is 12.1 Å². The summed E-state index contributed by atoms with van der Waals surface area (Å²) in [6.45, 7) is 0.996. The summed E-state index contributed by atoms with van der Waals surface area (Å²) in [5, 5.41) is 9.91. The monoisotopic (exact) mass is 347 g/mol. The van der Waals surface area contributed by atoms with Crippen molar-refractivity contribution in [1.29, 1.82) is 0 Å². The molecule has 4 rings (SSSR count). The lowest BCUT2D eigenvalue weighted by molar-refractivity contribution is -0.137. The number of benzene rings is 2. The van der Waals surface area contributed by atoms with Crippen molar-refractivity contribution < 1.29 is 18.3 Å². The minimum atomic E-state index is -4.31. The minimum Gasteiger partial charge on any atom is -0.508 e. The predicted molar refractivity (Wildman–Crippen MR) is 89.5 cm³/mol. The number of hydrogen-bond acceptors (Lipinski definition) is 2. The van der Waals surface area contributed by atoms with Gasteiger partial charge in [-0.05, 0) is 73.3 Å². The molecule has 2 aromatic rings. The van der Waals surface area contributed by atoms with Crippen LogP contribution in [0.25, 0.3) is 0 Å². The lowest BCUT2D eigenvalue weighted by atomic mass is 9.80. The van der Waals surface area contributed by atoms with Gasteiger partial charge in [-0.1, -0.05) is 18.2 Å². The van der Waals surface area contributed by atoms with Crippen LogP contribution < -0.4 is 0 Å². The fourth-order valence-corrected chi connectivity index (χ4v) is 4.66. The maximum Gasteiger partial charge on any atom is 0.416 e. The fourth-order valence-electron chi connectivity index (χ4n) is 4.66. The summed E-state index contributed by atoms with van der Waals surface area (Å²) in [6, 6.07) is 11.2. The first-order valence-electron chi connectivity index (χ1n) is 8.56. The van der Waals surface area contributed by atoms with Crippen molar-refractivity contribution in [3.8, 4) is 5.75 Å². The molecule has 5 heteroatoms. The van der Waals surface area contributed by atoms with Crippen molar-refractivity contribution in [3.05, 3.63) is 64.7 Å². The van der Waals surface area contributed by atoms with E-state index in [0.717, 1.165) is 36.1 Å². The largest absolute Gasteiger partial charge is 0.508 e. The van der Waals surface area contributed by atoms with Gasteiger partial charge in [0, 0.05) is 12.0 Å². The molecular formula is C20H20F3NO. The molecule has 132 valence electrons. The third-order valence-corrected chi connectivity index (χ3v) is 5.68. The smallest absolute Gasteiger partial charge is 0.416 e. The number of piperidine rings is 1. The van der Waals surface area contributed by atoms with Gasteiger partial charge in [-0.2, -0.15) is 13.2 Å². The maximum atomic E-state index is 12.9. The Labute approximate surface area is 144 Å². The summed E-state index contributed by atoms with van der Waals surface area (Å²) >= 11 is 0. The molecule has 1 heterocycles. The molecule has 0 radical (unpaired) electrons. The van der Waals surface area contributed by atoms with Gasteiger partial charge < -0.3 is 5.11 Å². The van der Waals surface area contributed by atoms with Crippen LogP contribution in [-0.4, -0.2) is 23.6 Å². The van der Waals surface area contributed by atoms with E-state index >= 15 is 0 Å². The Kier molecular flexibility index (Phi) is 3.80. The van der Waals surface area contributed by atoms with Crippen molar-refractivity contribution in [2.24, 2.45) is 5.92 Å². The lowest BCUT2D eigenvalue weighted by Crippen LogP contribution is -2.34. The van der Waals surface area contributed by atoms with Gasteiger partial charge >= 0.3 is 6.18 Å². The van der Waals surface area contributed by atoms with Gasteiger partial charge in [0.2, 0.25) is 0 Å². The Hall–Kier alpha value is -2.01. The van der Waals surface area contributed by atoms with Gasteiger partial charge in [-0.15, -0.1) is 0 Å². The van der Waals surface area contributed by atoms with E-state index in [-0.39, 0.29) is 17.7 Å². The van der Waals surface area contributed by atoms with Crippen molar-refractivity contribution in [3.63, 3.8) is 0 Å². The highest BCUT2D eigenvalue weighted by molar-refractivity contribution is 5.49. The van der Waals surface area contributed by atoms with Crippen LogP contribution in [0.1, 0.15) is 47.1 Å². The standard InChI is InChI=1S/C20H20F3NO/c1-24-10-2-3-16-18(12-4-6-13(7-5-12)20(21,22)23)15-9-8-14(25)11-17(15)19(16)24/h4-9,11,16,18-19,25H,2-3,10H2,1H3. The molecule has 0 aromatic heterocycles. The van der Waals surface area contributed by atoms with Crippen LogP contribution in [0.2, 0.25) is 0 Å². The Morgan fingerprint density at radius 1 is 1.04 bits per heavy atom. The predicted octanol–water partition coefficient (Wildman–Crippen LogP) is 4.94. The van der Waals surface area contributed by atoms with Gasteiger partial charge in [0.15, 0.2) is 0 Å².